The second-order valence-electron chi connectivity index (χ2n) is 7.19. The van der Waals surface area contributed by atoms with E-state index in [0.717, 1.165) is 8.61 Å². The van der Waals surface area contributed by atoms with Crippen molar-refractivity contribution in [3.05, 3.63) is 64.1 Å². The van der Waals surface area contributed by atoms with Crippen LogP contribution in [0.15, 0.2) is 48.5 Å². The Bertz CT molecular complexity index is 1060. The molecule has 0 aromatic heterocycles. The zero-order valence-electron chi connectivity index (χ0n) is 18.2. The maximum absolute atomic E-state index is 13.4. The summed E-state index contributed by atoms with van der Waals surface area (Å²) in [6.45, 7) is 1.11. The lowest BCUT2D eigenvalue weighted by atomic mass is 10.1. The molecule has 2 aromatic rings. The van der Waals surface area contributed by atoms with E-state index >= 15 is 0 Å². The molecular formula is C21H26Cl2N4O4S. The van der Waals surface area contributed by atoms with Crippen LogP contribution in [0.3, 0.4) is 0 Å². The first-order valence-corrected chi connectivity index (χ1v) is 11.8. The van der Waals surface area contributed by atoms with Crippen LogP contribution in [0.4, 0.5) is 5.69 Å². The lowest BCUT2D eigenvalue weighted by molar-refractivity contribution is -0.139. The van der Waals surface area contributed by atoms with Crippen molar-refractivity contribution in [1.82, 2.24) is 14.5 Å². The maximum atomic E-state index is 13.4. The number of nitrogens with one attached hydrogen (secondary N) is 1. The molecule has 2 aromatic carbocycles. The SMILES string of the molecule is CNC(=O)[C@H](C)N(Cc1ccc(Cl)c(Cl)c1)C(=O)CN(c1ccccc1)S(=O)(=O)N(C)C. The number of nitrogens with zero attached hydrogens (tertiary/aromatic N) is 3. The van der Waals surface area contributed by atoms with Gasteiger partial charge in [0, 0.05) is 27.7 Å². The van der Waals surface area contributed by atoms with Crippen LogP contribution in [0.1, 0.15) is 12.5 Å². The van der Waals surface area contributed by atoms with Crippen molar-refractivity contribution in [3.8, 4) is 0 Å². The average molecular weight is 501 g/mol. The van der Waals surface area contributed by atoms with Gasteiger partial charge in [-0.25, -0.2) is 4.31 Å². The molecule has 0 heterocycles. The quantitative estimate of drug-likeness (QED) is 0.572. The minimum absolute atomic E-state index is 0.0367. The Labute approximate surface area is 198 Å². The fraction of sp³-hybridized carbons (Fsp3) is 0.333. The van der Waals surface area contributed by atoms with E-state index in [4.69, 9.17) is 23.2 Å². The molecule has 8 nitrogen and oxygen atoms in total. The summed E-state index contributed by atoms with van der Waals surface area (Å²) in [5.74, 6) is -0.943. The second-order valence-corrected chi connectivity index (χ2v) is 10.1. The van der Waals surface area contributed by atoms with Gasteiger partial charge in [0.15, 0.2) is 0 Å². The topological polar surface area (TPSA) is 90.0 Å². The summed E-state index contributed by atoms with van der Waals surface area (Å²) >= 11 is 12.1. The lowest BCUT2D eigenvalue weighted by Gasteiger charge is -2.32. The highest BCUT2D eigenvalue weighted by Gasteiger charge is 2.32. The normalized spacial score (nSPS) is 12.3. The van der Waals surface area contributed by atoms with E-state index in [-0.39, 0.29) is 12.5 Å². The van der Waals surface area contributed by atoms with E-state index in [2.05, 4.69) is 5.32 Å². The lowest BCUT2D eigenvalue weighted by Crippen LogP contribution is -2.52. The number of anilines is 1. The highest BCUT2D eigenvalue weighted by Crippen LogP contribution is 2.24. The van der Waals surface area contributed by atoms with Crippen LogP contribution >= 0.6 is 23.2 Å². The van der Waals surface area contributed by atoms with Crippen LogP contribution in [0.5, 0.6) is 0 Å². The van der Waals surface area contributed by atoms with Gasteiger partial charge in [0.25, 0.3) is 0 Å². The van der Waals surface area contributed by atoms with Gasteiger partial charge in [-0.05, 0) is 36.8 Å². The van der Waals surface area contributed by atoms with Crippen LogP contribution in [0.2, 0.25) is 10.0 Å². The number of para-hydroxylation sites is 1. The number of carbonyl (C=O) groups is 2. The molecular weight excluding hydrogens is 475 g/mol. The summed E-state index contributed by atoms with van der Waals surface area (Å²) in [6.07, 6.45) is 0. The fourth-order valence-electron chi connectivity index (χ4n) is 2.94. The maximum Gasteiger partial charge on any atom is 0.304 e. The van der Waals surface area contributed by atoms with Gasteiger partial charge in [-0.3, -0.25) is 9.59 Å². The van der Waals surface area contributed by atoms with Gasteiger partial charge in [-0.2, -0.15) is 12.7 Å². The molecule has 0 fully saturated rings. The Kier molecular flexibility index (Phi) is 8.91. The van der Waals surface area contributed by atoms with Gasteiger partial charge >= 0.3 is 10.2 Å². The molecule has 0 aliphatic carbocycles. The number of likely N-dealkylation sites (N-methyl/N-ethyl adjacent to an activating group) is 1. The third-order valence-corrected chi connectivity index (χ3v) is 7.37. The van der Waals surface area contributed by atoms with E-state index in [1.54, 1.807) is 55.5 Å². The zero-order chi connectivity index (χ0) is 24.1. The molecule has 0 saturated carbocycles. The third-order valence-electron chi connectivity index (χ3n) is 4.81. The zero-order valence-corrected chi connectivity index (χ0v) is 20.6. The average Bonchev–Trinajstić information content (AvgIpc) is 2.77. The summed E-state index contributed by atoms with van der Waals surface area (Å²) in [6, 6.07) is 12.3. The van der Waals surface area contributed by atoms with Crippen molar-refractivity contribution in [2.75, 3.05) is 32.0 Å². The van der Waals surface area contributed by atoms with Crippen LogP contribution in [-0.4, -0.2) is 63.2 Å². The largest absolute Gasteiger partial charge is 0.357 e. The van der Waals surface area contributed by atoms with E-state index in [1.807, 2.05) is 0 Å². The molecule has 0 bridgehead atoms. The van der Waals surface area contributed by atoms with Crippen molar-refractivity contribution in [1.29, 1.82) is 0 Å². The van der Waals surface area contributed by atoms with Gasteiger partial charge in [-0.15, -0.1) is 0 Å². The number of hydrogen-bond acceptors (Lipinski definition) is 4. The Hall–Kier alpha value is -2.33. The molecule has 0 aliphatic heterocycles. The van der Waals surface area contributed by atoms with Gasteiger partial charge in [0.05, 0.1) is 15.7 Å². The number of rotatable bonds is 9. The molecule has 2 rings (SSSR count). The number of hydrogen-bond donors (Lipinski definition) is 1. The molecule has 1 N–H and O–H groups in total. The van der Waals surface area contributed by atoms with Crippen molar-refractivity contribution >= 4 is 50.9 Å². The monoisotopic (exact) mass is 500 g/mol. The number of amides is 2. The summed E-state index contributed by atoms with van der Waals surface area (Å²) in [5, 5.41) is 3.19. The number of carbonyl (C=O) groups excluding carboxylic acids is 2. The first-order valence-electron chi connectivity index (χ1n) is 9.69. The predicted molar refractivity (Wildman–Crippen MR) is 127 cm³/mol. The van der Waals surface area contributed by atoms with E-state index < -0.39 is 28.7 Å². The fourth-order valence-corrected chi connectivity index (χ4v) is 4.31. The standard InChI is InChI=1S/C21H26Cl2N4O4S/c1-15(21(29)24-2)26(13-16-10-11-18(22)19(23)12-16)20(28)14-27(32(30,31)25(3)4)17-8-6-5-7-9-17/h5-12,15H,13-14H2,1-4H3,(H,24,29)/t15-/m0/s1. The minimum atomic E-state index is -3.98. The number of halogens is 2. The second kappa shape index (κ2) is 11.0. The first kappa shape index (κ1) is 25.9. The minimum Gasteiger partial charge on any atom is -0.357 e. The summed E-state index contributed by atoms with van der Waals surface area (Å²) in [7, 11) is 0.259. The van der Waals surface area contributed by atoms with Gasteiger partial charge in [0.2, 0.25) is 11.8 Å². The van der Waals surface area contributed by atoms with Crippen LogP contribution in [-0.2, 0) is 26.3 Å². The molecule has 0 radical (unpaired) electrons. The third kappa shape index (κ3) is 6.13. The van der Waals surface area contributed by atoms with Crippen molar-refractivity contribution in [3.63, 3.8) is 0 Å². The molecule has 0 spiro atoms. The first-order chi connectivity index (χ1) is 15.0. The molecule has 2 amide bonds. The van der Waals surface area contributed by atoms with Gasteiger partial charge < -0.3 is 10.2 Å². The Morgan fingerprint density at radius 3 is 2.19 bits per heavy atom. The van der Waals surface area contributed by atoms with Gasteiger partial charge in [0.1, 0.15) is 12.6 Å². The van der Waals surface area contributed by atoms with Crippen molar-refractivity contribution in [2.24, 2.45) is 0 Å². The Morgan fingerprint density at radius 1 is 1.03 bits per heavy atom. The Balaban J connectivity index is 2.43. The molecule has 11 heteroatoms. The summed E-state index contributed by atoms with van der Waals surface area (Å²) in [4.78, 5) is 27.0. The molecule has 0 saturated heterocycles. The smallest absolute Gasteiger partial charge is 0.304 e. The van der Waals surface area contributed by atoms with Crippen LogP contribution < -0.4 is 9.62 Å². The Morgan fingerprint density at radius 2 is 1.66 bits per heavy atom. The van der Waals surface area contributed by atoms with Gasteiger partial charge in [-0.1, -0.05) is 47.5 Å². The molecule has 0 aliphatic rings. The predicted octanol–water partition coefficient (Wildman–Crippen LogP) is 2.77. The van der Waals surface area contributed by atoms with E-state index in [0.29, 0.717) is 21.3 Å². The van der Waals surface area contributed by atoms with Crippen molar-refractivity contribution in [2.45, 2.75) is 19.5 Å². The molecule has 1 atom stereocenters. The number of benzene rings is 2. The van der Waals surface area contributed by atoms with Crippen LogP contribution in [0.25, 0.3) is 0 Å². The highest BCUT2D eigenvalue weighted by atomic mass is 35.5. The molecule has 174 valence electrons. The molecule has 0 unspecified atom stereocenters. The summed E-state index contributed by atoms with van der Waals surface area (Å²) in [5.41, 5.74) is 0.974. The summed E-state index contributed by atoms with van der Waals surface area (Å²) < 4.78 is 28.0. The van der Waals surface area contributed by atoms with Crippen molar-refractivity contribution < 1.29 is 18.0 Å². The van der Waals surface area contributed by atoms with E-state index in [1.165, 1.54) is 26.0 Å². The van der Waals surface area contributed by atoms with E-state index in [9.17, 15) is 18.0 Å². The molecule has 32 heavy (non-hydrogen) atoms. The highest BCUT2D eigenvalue weighted by molar-refractivity contribution is 7.90. The van der Waals surface area contributed by atoms with Crippen LogP contribution in [0, 0.1) is 0 Å².